The third-order valence-electron chi connectivity index (χ3n) is 5.17. The predicted octanol–water partition coefficient (Wildman–Crippen LogP) is 3.39. The fraction of sp³-hybridized carbons (Fsp3) is 0.318. The van der Waals surface area contributed by atoms with Crippen LogP contribution < -0.4 is 10.1 Å². The van der Waals surface area contributed by atoms with Gasteiger partial charge in [-0.3, -0.25) is 14.5 Å². The average molecular weight is 376 g/mol. The van der Waals surface area contributed by atoms with E-state index in [1.54, 1.807) is 19.5 Å². The van der Waals surface area contributed by atoms with Gasteiger partial charge >= 0.3 is 0 Å². The molecule has 2 heterocycles. The summed E-state index contributed by atoms with van der Waals surface area (Å²) in [7, 11) is 1.66. The first-order valence-corrected chi connectivity index (χ1v) is 9.56. The van der Waals surface area contributed by atoms with Gasteiger partial charge in [0.25, 0.3) is 0 Å². The van der Waals surface area contributed by atoms with Crippen molar-refractivity contribution in [1.29, 1.82) is 0 Å². The smallest absolute Gasteiger partial charge is 0.223 e. The van der Waals surface area contributed by atoms with Crippen LogP contribution in [0, 0.1) is 11.8 Å². The van der Waals surface area contributed by atoms with Gasteiger partial charge in [0.1, 0.15) is 5.75 Å². The molecule has 1 N–H and O–H groups in total. The minimum absolute atomic E-state index is 0.148. The van der Waals surface area contributed by atoms with Crippen molar-refractivity contribution >= 4 is 5.91 Å². The van der Waals surface area contributed by atoms with Crippen LogP contribution in [0.25, 0.3) is 22.5 Å². The Morgan fingerprint density at radius 1 is 1.25 bits per heavy atom. The van der Waals surface area contributed by atoms with Crippen LogP contribution in [0.4, 0.5) is 0 Å². The third-order valence-corrected chi connectivity index (χ3v) is 5.17. The Hall–Kier alpha value is -3.15. The Bertz CT molecular complexity index is 968. The summed E-state index contributed by atoms with van der Waals surface area (Å²) in [6.07, 6.45) is 4.55. The molecule has 1 aromatic carbocycles. The largest absolute Gasteiger partial charge is 0.497 e. The van der Waals surface area contributed by atoms with Crippen molar-refractivity contribution in [3.8, 4) is 28.3 Å². The molecule has 1 aliphatic rings. The first kappa shape index (κ1) is 18.2. The zero-order chi connectivity index (χ0) is 19.5. The number of ether oxygens (including phenoxy) is 1. The monoisotopic (exact) mass is 376 g/mol. The molecule has 0 saturated heterocycles. The van der Waals surface area contributed by atoms with E-state index >= 15 is 0 Å². The van der Waals surface area contributed by atoms with E-state index in [-0.39, 0.29) is 11.8 Å². The second kappa shape index (κ2) is 7.84. The minimum Gasteiger partial charge on any atom is -0.497 e. The lowest BCUT2D eigenvalue weighted by atomic mass is 10.1. The van der Waals surface area contributed by atoms with Crippen LogP contribution in [0.15, 0.2) is 54.9 Å². The molecule has 3 aromatic rings. The van der Waals surface area contributed by atoms with Crippen LogP contribution in [0.3, 0.4) is 0 Å². The van der Waals surface area contributed by atoms with E-state index in [4.69, 9.17) is 9.84 Å². The van der Waals surface area contributed by atoms with Gasteiger partial charge in [-0.05, 0) is 42.7 Å². The number of hydrogen-bond acceptors (Lipinski definition) is 4. The Kier molecular flexibility index (Phi) is 5.10. The van der Waals surface area contributed by atoms with Gasteiger partial charge in [-0.2, -0.15) is 5.10 Å². The van der Waals surface area contributed by atoms with E-state index in [2.05, 4.69) is 23.3 Å². The van der Waals surface area contributed by atoms with Gasteiger partial charge in [-0.15, -0.1) is 0 Å². The maximum Gasteiger partial charge on any atom is 0.223 e. The summed E-state index contributed by atoms with van der Waals surface area (Å²) in [6.45, 7) is 3.26. The summed E-state index contributed by atoms with van der Waals surface area (Å²) >= 11 is 0. The predicted molar refractivity (Wildman–Crippen MR) is 108 cm³/mol. The lowest BCUT2D eigenvalue weighted by Gasteiger charge is -2.10. The maximum absolute atomic E-state index is 12.1. The van der Waals surface area contributed by atoms with Crippen molar-refractivity contribution in [2.24, 2.45) is 11.8 Å². The molecule has 0 aliphatic heterocycles. The number of nitrogens with zero attached hydrogens (tertiary/aromatic N) is 3. The molecular formula is C22H24N4O2. The molecule has 28 heavy (non-hydrogen) atoms. The second-order valence-electron chi connectivity index (χ2n) is 7.22. The molecule has 2 aromatic heterocycles. The Morgan fingerprint density at radius 2 is 2.07 bits per heavy atom. The molecular weight excluding hydrogens is 352 g/mol. The fourth-order valence-corrected chi connectivity index (χ4v) is 3.36. The van der Waals surface area contributed by atoms with E-state index in [9.17, 15) is 4.79 Å². The Labute approximate surface area is 164 Å². The summed E-state index contributed by atoms with van der Waals surface area (Å²) in [5, 5.41) is 7.81. The molecule has 2 atom stereocenters. The zero-order valence-corrected chi connectivity index (χ0v) is 16.1. The molecule has 0 bridgehead atoms. The number of nitrogens with one attached hydrogen (secondary N) is 1. The molecule has 6 nitrogen and oxygen atoms in total. The lowest BCUT2D eigenvalue weighted by molar-refractivity contribution is -0.122. The van der Waals surface area contributed by atoms with Crippen molar-refractivity contribution in [1.82, 2.24) is 20.1 Å². The highest BCUT2D eigenvalue weighted by atomic mass is 16.5. The van der Waals surface area contributed by atoms with Gasteiger partial charge in [-0.1, -0.05) is 19.1 Å². The van der Waals surface area contributed by atoms with E-state index in [1.165, 1.54) is 0 Å². The van der Waals surface area contributed by atoms with Crippen molar-refractivity contribution in [3.05, 3.63) is 54.9 Å². The number of pyridine rings is 1. The van der Waals surface area contributed by atoms with Crippen LogP contribution >= 0.6 is 0 Å². The molecule has 1 amide bonds. The quantitative estimate of drug-likeness (QED) is 0.686. The fourth-order valence-electron chi connectivity index (χ4n) is 3.36. The summed E-state index contributed by atoms with van der Waals surface area (Å²) < 4.78 is 7.31. The molecule has 1 aliphatic carbocycles. The SMILES string of the molecule is COc1cccc(-c2cc(-c3cccnc3)nn2CCNC(=O)[C@H]2C[C@H]2C)c1. The Balaban J connectivity index is 1.59. The highest BCUT2D eigenvalue weighted by molar-refractivity contribution is 5.81. The van der Waals surface area contributed by atoms with Gasteiger partial charge in [-0.25, -0.2) is 0 Å². The molecule has 6 heteroatoms. The Morgan fingerprint density at radius 3 is 2.79 bits per heavy atom. The van der Waals surface area contributed by atoms with E-state index < -0.39 is 0 Å². The van der Waals surface area contributed by atoms with E-state index in [0.29, 0.717) is 19.0 Å². The van der Waals surface area contributed by atoms with Crippen molar-refractivity contribution in [2.75, 3.05) is 13.7 Å². The van der Waals surface area contributed by atoms with Crippen LogP contribution in [-0.4, -0.2) is 34.3 Å². The van der Waals surface area contributed by atoms with Gasteiger partial charge in [0.2, 0.25) is 5.91 Å². The number of hydrogen-bond donors (Lipinski definition) is 1. The molecule has 0 radical (unpaired) electrons. The third kappa shape index (κ3) is 3.91. The number of rotatable bonds is 7. The van der Waals surface area contributed by atoms with Crippen LogP contribution in [0.1, 0.15) is 13.3 Å². The number of carbonyl (C=O) groups is 1. The van der Waals surface area contributed by atoms with Crippen molar-refractivity contribution in [2.45, 2.75) is 19.9 Å². The summed E-state index contributed by atoms with van der Waals surface area (Å²) in [5.41, 5.74) is 3.81. The summed E-state index contributed by atoms with van der Waals surface area (Å²) in [4.78, 5) is 16.3. The molecule has 4 rings (SSSR count). The standard InChI is InChI=1S/C22H24N4O2/c1-15-11-19(15)22(27)24-9-10-26-21(16-5-3-7-18(12-16)28-2)13-20(25-26)17-6-4-8-23-14-17/h3-8,12-15,19H,9-11H2,1-2H3,(H,24,27)/t15-,19+/m1/s1. The average Bonchev–Trinajstić information content (AvgIpc) is 3.32. The zero-order valence-electron chi connectivity index (χ0n) is 16.1. The maximum atomic E-state index is 12.1. The number of carbonyl (C=O) groups excluding carboxylic acids is 1. The topological polar surface area (TPSA) is 69.0 Å². The number of benzene rings is 1. The van der Waals surface area contributed by atoms with Crippen LogP contribution in [0.5, 0.6) is 5.75 Å². The van der Waals surface area contributed by atoms with Crippen molar-refractivity contribution < 1.29 is 9.53 Å². The van der Waals surface area contributed by atoms with Crippen molar-refractivity contribution in [3.63, 3.8) is 0 Å². The second-order valence-corrected chi connectivity index (χ2v) is 7.22. The molecule has 1 saturated carbocycles. The molecule has 0 unspecified atom stereocenters. The number of aromatic nitrogens is 3. The van der Waals surface area contributed by atoms with E-state index in [1.807, 2.05) is 41.1 Å². The molecule has 144 valence electrons. The van der Waals surface area contributed by atoms with Crippen LogP contribution in [0.2, 0.25) is 0 Å². The summed E-state index contributed by atoms with van der Waals surface area (Å²) in [5.74, 6) is 1.63. The summed E-state index contributed by atoms with van der Waals surface area (Å²) in [6, 6.07) is 13.9. The first-order valence-electron chi connectivity index (χ1n) is 9.56. The van der Waals surface area contributed by atoms with E-state index in [0.717, 1.165) is 34.7 Å². The number of amides is 1. The van der Waals surface area contributed by atoms with Gasteiger partial charge in [0.05, 0.1) is 25.0 Å². The lowest BCUT2D eigenvalue weighted by Crippen LogP contribution is -2.29. The minimum atomic E-state index is 0.148. The van der Waals surface area contributed by atoms with Gasteiger partial charge < -0.3 is 10.1 Å². The normalized spacial score (nSPS) is 17.9. The van der Waals surface area contributed by atoms with Gasteiger partial charge in [0.15, 0.2) is 0 Å². The van der Waals surface area contributed by atoms with Crippen LogP contribution in [-0.2, 0) is 11.3 Å². The highest BCUT2D eigenvalue weighted by Crippen LogP contribution is 2.37. The molecule has 0 spiro atoms. The highest BCUT2D eigenvalue weighted by Gasteiger charge is 2.38. The first-order chi connectivity index (χ1) is 13.7. The molecule has 1 fully saturated rings. The number of methoxy groups -OCH3 is 1. The van der Waals surface area contributed by atoms with Gasteiger partial charge in [0, 0.05) is 36.0 Å².